The number of rotatable bonds is 3. The summed E-state index contributed by atoms with van der Waals surface area (Å²) < 4.78 is 3.90. The molecule has 3 aromatic heterocycles. The van der Waals surface area contributed by atoms with E-state index in [2.05, 4.69) is 88.5 Å². The molecule has 0 radical (unpaired) electrons. The number of hydrogen-bond acceptors (Lipinski definition) is 4. The fourth-order valence-electron chi connectivity index (χ4n) is 5.08. The predicted octanol–water partition coefficient (Wildman–Crippen LogP) is 9.38. The smallest absolute Gasteiger partial charge is 0.116 e. The van der Waals surface area contributed by atoms with Crippen molar-refractivity contribution in [2.24, 2.45) is 5.92 Å². The number of nitrogens with zero attached hydrogens (tertiary/aromatic N) is 2. The van der Waals surface area contributed by atoms with Crippen molar-refractivity contribution in [1.29, 1.82) is 0 Å². The Labute approximate surface area is 208 Å². The Balaban J connectivity index is 1.66. The number of hydrogen-bond donors (Lipinski definition) is 0. The fraction of sp³-hybridized carbons (Fsp3) is 0.267. The molecule has 170 valence electrons. The maximum Gasteiger partial charge on any atom is 0.116 e. The van der Waals surface area contributed by atoms with Crippen LogP contribution in [0.15, 0.2) is 60.2 Å². The Bertz CT molecular complexity index is 1700. The zero-order valence-electron chi connectivity index (χ0n) is 20.3. The van der Waals surface area contributed by atoms with Gasteiger partial charge < -0.3 is 0 Å². The van der Waals surface area contributed by atoms with Crippen molar-refractivity contribution in [3.05, 3.63) is 71.4 Å². The van der Waals surface area contributed by atoms with E-state index in [0.29, 0.717) is 5.92 Å². The van der Waals surface area contributed by atoms with E-state index in [1.165, 1.54) is 52.3 Å². The van der Waals surface area contributed by atoms with Gasteiger partial charge in [0.25, 0.3) is 0 Å². The molecule has 0 aliphatic carbocycles. The van der Waals surface area contributed by atoms with Crippen molar-refractivity contribution in [3.63, 3.8) is 0 Å². The van der Waals surface area contributed by atoms with Crippen molar-refractivity contribution >= 4 is 63.8 Å². The molecule has 0 spiro atoms. The average molecular weight is 481 g/mol. The maximum atomic E-state index is 4.84. The molecule has 6 aromatic rings. The Morgan fingerprint density at radius 2 is 1.74 bits per heavy atom. The standard InChI is InChI=1S/C30H28N2S2/c1-17(2)12-20-15-33-24-11-10-22-27-29(34-28(22)25(20)24)26(31-16-32-27)19-13-18-8-6-7-9-21(18)23(14-19)30(3,4)5/h6-11,13-17H,12H2,1-5H3. The summed E-state index contributed by atoms with van der Waals surface area (Å²) in [5.41, 5.74) is 6.13. The normalized spacial score (nSPS) is 12.6. The van der Waals surface area contributed by atoms with Crippen LogP contribution in [0.5, 0.6) is 0 Å². The van der Waals surface area contributed by atoms with Gasteiger partial charge in [0.15, 0.2) is 0 Å². The zero-order valence-corrected chi connectivity index (χ0v) is 21.9. The third kappa shape index (κ3) is 3.43. The van der Waals surface area contributed by atoms with Crippen LogP contribution in [0.4, 0.5) is 0 Å². The van der Waals surface area contributed by atoms with Crippen molar-refractivity contribution in [2.45, 2.75) is 46.5 Å². The van der Waals surface area contributed by atoms with Gasteiger partial charge in [-0.2, -0.15) is 0 Å². The van der Waals surface area contributed by atoms with E-state index >= 15 is 0 Å². The largest absolute Gasteiger partial charge is 0.235 e. The van der Waals surface area contributed by atoms with Gasteiger partial charge in [-0.1, -0.05) is 58.9 Å². The van der Waals surface area contributed by atoms with Crippen LogP contribution in [0.3, 0.4) is 0 Å². The van der Waals surface area contributed by atoms with Gasteiger partial charge in [-0.25, -0.2) is 9.97 Å². The molecular formula is C30H28N2S2. The van der Waals surface area contributed by atoms with E-state index in [1.54, 1.807) is 6.33 Å². The lowest BCUT2D eigenvalue weighted by Crippen LogP contribution is -2.12. The van der Waals surface area contributed by atoms with Crippen molar-refractivity contribution in [3.8, 4) is 11.3 Å². The zero-order chi connectivity index (χ0) is 23.6. The third-order valence-electron chi connectivity index (χ3n) is 6.60. The van der Waals surface area contributed by atoms with Gasteiger partial charge in [0.05, 0.1) is 15.9 Å². The van der Waals surface area contributed by atoms with Crippen LogP contribution in [0, 0.1) is 5.92 Å². The van der Waals surface area contributed by atoms with Crippen LogP contribution in [0.1, 0.15) is 45.7 Å². The van der Waals surface area contributed by atoms with Gasteiger partial charge in [0.1, 0.15) is 6.33 Å². The first-order chi connectivity index (χ1) is 16.3. The Morgan fingerprint density at radius 1 is 0.912 bits per heavy atom. The molecule has 0 saturated carbocycles. The molecule has 0 unspecified atom stereocenters. The van der Waals surface area contributed by atoms with Crippen LogP contribution >= 0.6 is 22.7 Å². The lowest BCUT2D eigenvalue weighted by molar-refractivity contribution is 0.596. The lowest BCUT2D eigenvalue weighted by atomic mass is 9.82. The molecule has 0 bridgehead atoms. The minimum absolute atomic E-state index is 0.0382. The van der Waals surface area contributed by atoms with Crippen LogP contribution in [-0.4, -0.2) is 9.97 Å². The fourth-order valence-corrected chi connectivity index (χ4v) is 7.47. The number of aromatic nitrogens is 2. The Kier molecular flexibility index (Phi) is 5.02. The van der Waals surface area contributed by atoms with E-state index in [-0.39, 0.29) is 5.41 Å². The topological polar surface area (TPSA) is 25.8 Å². The number of benzene rings is 3. The summed E-state index contributed by atoms with van der Waals surface area (Å²) in [5, 5.41) is 7.59. The second-order valence-corrected chi connectivity index (χ2v) is 12.6. The Morgan fingerprint density at radius 3 is 2.53 bits per heavy atom. The number of thiophene rings is 2. The molecule has 2 nitrogen and oxygen atoms in total. The van der Waals surface area contributed by atoms with Gasteiger partial charge in [0.2, 0.25) is 0 Å². The van der Waals surface area contributed by atoms with Crippen LogP contribution in [0.25, 0.3) is 52.4 Å². The summed E-state index contributed by atoms with van der Waals surface area (Å²) in [6, 6.07) is 17.9. The van der Waals surface area contributed by atoms with E-state index in [0.717, 1.165) is 17.6 Å². The van der Waals surface area contributed by atoms with Crippen LogP contribution in [-0.2, 0) is 11.8 Å². The number of fused-ring (bicyclic) bond motifs is 6. The first-order valence-electron chi connectivity index (χ1n) is 11.9. The SMILES string of the molecule is CC(C)Cc1csc2ccc3c4ncnc(-c5cc(C(C)(C)C)c6ccccc6c5)c4sc3c12. The summed E-state index contributed by atoms with van der Waals surface area (Å²) >= 11 is 3.72. The van der Waals surface area contributed by atoms with Crippen LogP contribution in [0.2, 0.25) is 0 Å². The molecule has 4 heteroatoms. The highest BCUT2D eigenvalue weighted by Crippen LogP contribution is 2.44. The highest BCUT2D eigenvalue weighted by atomic mass is 32.1. The molecule has 0 fully saturated rings. The van der Waals surface area contributed by atoms with E-state index in [9.17, 15) is 0 Å². The second-order valence-electron chi connectivity index (χ2n) is 10.7. The molecule has 0 saturated heterocycles. The summed E-state index contributed by atoms with van der Waals surface area (Å²) in [7, 11) is 0. The first kappa shape index (κ1) is 21.7. The van der Waals surface area contributed by atoms with Crippen molar-refractivity contribution in [1.82, 2.24) is 9.97 Å². The molecule has 0 atom stereocenters. The molecule has 3 heterocycles. The van der Waals surface area contributed by atoms with Gasteiger partial charge >= 0.3 is 0 Å². The van der Waals surface area contributed by atoms with Crippen molar-refractivity contribution < 1.29 is 0 Å². The Hall–Kier alpha value is -2.82. The van der Waals surface area contributed by atoms with Gasteiger partial charge in [-0.3, -0.25) is 0 Å². The molecule has 3 aromatic carbocycles. The third-order valence-corrected chi connectivity index (χ3v) is 8.82. The highest BCUT2D eigenvalue weighted by Gasteiger charge is 2.21. The molecular weight excluding hydrogens is 452 g/mol. The van der Waals surface area contributed by atoms with Gasteiger partial charge in [0, 0.05) is 25.7 Å². The molecule has 34 heavy (non-hydrogen) atoms. The van der Waals surface area contributed by atoms with Crippen molar-refractivity contribution in [2.75, 3.05) is 0 Å². The minimum atomic E-state index is 0.0382. The van der Waals surface area contributed by atoms with Gasteiger partial charge in [-0.15, -0.1) is 22.7 Å². The summed E-state index contributed by atoms with van der Waals surface area (Å²) in [6.07, 6.45) is 2.84. The predicted molar refractivity (Wildman–Crippen MR) is 150 cm³/mol. The van der Waals surface area contributed by atoms with Crippen LogP contribution < -0.4 is 0 Å². The molecule has 0 aliphatic heterocycles. The molecule has 0 aliphatic rings. The summed E-state index contributed by atoms with van der Waals surface area (Å²) in [5.74, 6) is 0.631. The first-order valence-corrected chi connectivity index (χ1v) is 13.6. The highest BCUT2D eigenvalue weighted by molar-refractivity contribution is 7.28. The second kappa shape index (κ2) is 7.86. The quantitative estimate of drug-likeness (QED) is 0.252. The van der Waals surface area contributed by atoms with E-state index < -0.39 is 0 Å². The summed E-state index contributed by atoms with van der Waals surface area (Å²) in [6.45, 7) is 11.5. The molecule has 6 rings (SSSR count). The minimum Gasteiger partial charge on any atom is -0.235 e. The van der Waals surface area contributed by atoms with Gasteiger partial charge in [-0.05, 0) is 69.3 Å². The molecule has 0 N–H and O–H groups in total. The van der Waals surface area contributed by atoms with E-state index in [1.807, 2.05) is 22.7 Å². The monoisotopic (exact) mass is 480 g/mol. The molecule has 0 amide bonds. The lowest BCUT2D eigenvalue weighted by Gasteiger charge is -2.22. The maximum absolute atomic E-state index is 4.84. The van der Waals surface area contributed by atoms with E-state index in [4.69, 9.17) is 9.97 Å². The average Bonchev–Trinajstić information content (AvgIpc) is 3.38. The summed E-state index contributed by atoms with van der Waals surface area (Å²) in [4.78, 5) is 9.62.